The van der Waals surface area contributed by atoms with E-state index < -0.39 is 15.9 Å². The van der Waals surface area contributed by atoms with Gasteiger partial charge in [-0.2, -0.15) is 0 Å². The molecule has 0 fully saturated rings. The summed E-state index contributed by atoms with van der Waals surface area (Å²) < 4.78 is 32.6. The van der Waals surface area contributed by atoms with Crippen LogP contribution < -0.4 is 10.0 Å². The van der Waals surface area contributed by atoms with Crippen molar-refractivity contribution in [1.29, 1.82) is 0 Å². The minimum Gasteiger partial charge on any atom is -0.507 e. The summed E-state index contributed by atoms with van der Waals surface area (Å²) >= 11 is 6.93. The van der Waals surface area contributed by atoms with Gasteiger partial charge in [-0.3, -0.25) is 4.79 Å². The van der Waals surface area contributed by atoms with Crippen LogP contribution in [0.4, 0.5) is 11.6 Å². The van der Waals surface area contributed by atoms with E-state index in [1.807, 2.05) is 0 Å². The molecule has 0 bridgehead atoms. The second-order valence-corrected chi connectivity index (χ2v) is 9.39. The lowest BCUT2D eigenvalue weighted by Crippen LogP contribution is -2.19. The van der Waals surface area contributed by atoms with E-state index in [1.54, 1.807) is 33.8 Å². The quantitative estimate of drug-likeness (QED) is 0.524. The standard InChI is InChI=1S/C18H18ClN3O5S2/c1-8-7-9(2)15(23)10(3)14(8)20-17(24)16-12(5-6-28-16)29(25,26)22-18-13(19)11(4)21-27-18/h5-7,22-23H,1-4H3,(H,20,24). The number of carbonyl (C=O) groups is 1. The molecule has 1 aromatic carbocycles. The highest BCUT2D eigenvalue weighted by atomic mass is 35.5. The molecule has 0 unspecified atom stereocenters. The molecule has 0 aliphatic rings. The number of amides is 1. The maximum Gasteiger partial charge on any atom is 0.267 e. The second-order valence-electron chi connectivity index (χ2n) is 6.44. The van der Waals surface area contributed by atoms with Gasteiger partial charge in [0.1, 0.15) is 26.2 Å². The van der Waals surface area contributed by atoms with Gasteiger partial charge in [0, 0.05) is 5.56 Å². The van der Waals surface area contributed by atoms with E-state index in [2.05, 4.69) is 15.2 Å². The Balaban J connectivity index is 1.93. The average molecular weight is 456 g/mol. The summed E-state index contributed by atoms with van der Waals surface area (Å²) in [5, 5.41) is 18.0. The lowest BCUT2D eigenvalue weighted by molar-refractivity contribution is 0.102. The normalized spacial score (nSPS) is 11.5. The van der Waals surface area contributed by atoms with Crippen molar-refractivity contribution in [3.8, 4) is 5.75 Å². The third-order valence-corrected chi connectivity index (χ3v) is 7.17. The maximum atomic E-state index is 12.8. The maximum absolute atomic E-state index is 12.8. The number of phenols is 1. The first-order chi connectivity index (χ1) is 13.5. The van der Waals surface area contributed by atoms with Crippen LogP contribution in [-0.4, -0.2) is 24.6 Å². The largest absolute Gasteiger partial charge is 0.507 e. The van der Waals surface area contributed by atoms with Crippen LogP contribution >= 0.6 is 22.9 Å². The second kappa shape index (κ2) is 7.69. The minimum atomic E-state index is -4.15. The molecule has 3 aromatic rings. The number of aryl methyl sites for hydroxylation is 3. The fourth-order valence-corrected chi connectivity index (χ4v) is 5.30. The summed E-state index contributed by atoms with van der Waals surface area (Å²) in [6.45, 7) is 6.78. The summed E-state index contributed by atoms with van der Waals surface area (Å²) in [6, 6.07) is 3.05. The molecule has 0 aliphatic heterocycles. The molecule has 2 aromatic heterocycles. The molecule has 0 aliphatic carbocycles. The monoisotopic (exact) mass is 455 g/mol. The van der Waals surface area contributed by atoms with Gasteiger partial charge in [-0.05, 0) is 50.3 Å². The summed E-state index contributed by atoms with van der Waals surface area (Å²) in [6.07, 6.45) is 0. The van der Waals surface area contributed by atoms with Crippen LogP contribution in [-0.2, 0) is 10.0 Å². The van der Waals surface area contributed by atoms with Crippen molar-refractivity contribution in [2.75, 3.05) is 10.0 Å². The smallest absolute Gasteiger partial charge is 0.267 e. The van der Waals surface area contributed by atoms with E-state index in [1.165, 1.54) is 11.4 Å². The first-order valence-electron chi connectivity index (χ1n) is 8.36. The molecular formula is C18H18ClN3O5S2. The first-order valence-corrected chi connectivity index (χ1v) is 11.1. The summed E-state index contributed by atoms with van der Waals surface area (Å²) in [7, 11) is -4.15. The van der Waals surface area contributed by atoms with E-state index >= 15 is 0 Å². The van der Waals surface area contributed by atoms with Gasteiger partial charge in [-0.15, -0.1) is 11.3 Å². The van der Waals surface area contributed by atoms with E-state index in [-0.39, 0.29) is 26.4 Å². The first kappa shape index (κ1) is 21.2. The van der Waals surface area contributed by atoms with Crippen LogP contribution in [0, 0.1) is 27.7 Å². The van der Waals surface area contributed by atoms with Crippen LogP contribution in [0.2, 0.25) is 5.02 Å². The number of hydrogen-bond donors (Lipinski definition) is 3. The topological polar surface area (TPSA) is 122 Å². The van der Waals surface area contributed by atoms with Crippen LogP contribution in [0.3, 0.4) is 0 Å². The highest BCUT2D eigenvalue weighted by Crippen LogP contribution is 2.33. The number of nitrogens with one attached hydrogen (secondary N) is 2. The van der Waals surface area contributed by atoms with Crippen molar-refractivity contribution >= 4 is 50.4 Å². The van der Waals surface area contributed by atoms with Crippen molar-refractivity contribution in [2.45, 2.75) is 32.6 Å². The Kier molecular flexibility index (Phi) is 5.61. The molecule has 0 spiro atoms. The summed E-state index contributed by atoms with van der Waals surface area (Å²) in [5.74, 6) is -0.770. The van der Waals surface area contributed by atoms with Gasteiger partial charge < -0.3 is 14.9 Å². The molecule has 1 amide bonds. The zero-order valence-corrected chi connectivity index (χ0v) is 18.3. The fourth-order valence-electron chi connectivity index (χ4n) is 2.81. The molecule has 0 saturated heterocycles. The lowest BCUT2D eigenvalue weighted by atomic mass is 10.0. The van der Waals surface area contributed by atoms with Crippen LogP contribution in [0.15, 0.2) is 26.9 Å². The predicted octanol–water partition coefficient (Wildman–Crippen LogP) is 4.38. The third-order valence-electron chi connectivity index (χ3n) is 4.31. The Morgan fingerprint density at radius 1 is 1.24 bits per heavy atom. The number of sulfonamides is 1. The fraction of sp³-hybridized carbons (Fsp3) is 0.222. The van der Waals surface area contributed by atoms with E-state index in [4.69, 9.17) is 16.1 Å². The predicted molar refractivity (Wildman–Crippen MR) is 112 cm³/mol. The van der Waals surface area contributed by atoms with Gasteiger partial charge >= 0.3 is 0 Å². The molecule has 8 nitrogen and oxygen atoms in total. The van der Waals surface area contributed by atoms with Gasteiger partial charge in [0.15, 0.2) is 0 Å². The Morgan fingerprint density at radius 3 is 2.55 bits per heavy atom. The Hall–Kier alpha value is -2.56. The van der Waals surface area contributed by atoms with Gasteiger partial charge in [0.05, 0.1) is 5.69 Å². The Bertz CT molecular complexity index is 1210. The van der Waals surface area contributed by atoms with Gasteiger partial charge in [0.2, 0.25) is 0 Å². The number of carbonyl (C=O) groups excluding carboxylic acids is 1. The molecule has 0 atom stereocenters. The van der Waals surface area contributed by atoms with Crippen LogP contribution in [0.5, 0.6) is 5.75 Å². The molecule has 154 valence electrons. The number of hydrogen-bond acceptors (Lipinski definition) is 7. The van der Waals surface area contributed by atoms with Crippen molar-refractivity contribution in [3.05, 3.63) is 49.8 Å². The van der Waals surface area contributed by atoms with Crippen molar-refractivity contribution in [1.82, 2.24) is 5.16 Å². The Morgan fingerprint density at radius 2 is 1.93 bits per heavy atom. The number of nitrogens with zero attached hydrogens (tertiary/aromatic N) is 1. The van der Waals surface area contributed by atoms with Crippen LogP contribution in [0.1, 0.15) is 32.1 Å². The lowest BCUT2D eigenvalue weighted by Gasteiger charge is -2.15. The molecular weight excluding hydrogens is 438 g/mol. The van der Waals surface area contributed by atoms with Gasteiger partial charge in [0.25, 0.3) is 21.8 Å². The molecule has 3 rings (SSSR count). The van der Waals surface area contributed by atoms with Crippen molar-refractivity contribution < 1.29 is 22.8 Å². The molecule has 11 heteroatoms. The highest BCUT2D eigenvalue weighted by Gasteiger charge is 2.27. The SMILES string of the molecule is Cc1cc(C)c(NC(=O)c2sccc2S(=O)(=O)Nc2onc(C)c2Cl)c(C)c1O. The number of phenolic OH excluding ortho intramolecular Hbond substituents is 1. The zero-order chi connectivity index (χ0) is 21.5. The molecule has 0 radical (unpaired) electrons. The van der Waals surface area contributed by atoms with Crippen molar-refractivity contribution in [2.24, 2.45) is 0 Å². The third kappa shape index (κ3) is 3.96. The molecule has 2 heterocycles. The van der Waals surface area contributed by atoms with Gasteiger partial charge in [-0.25, -0.2) is 13.1 Å². The number of benzene rings is 1. The number of aromatic hydroxyl groups is 1. The van der Waals surface area contributed by atoms with E-state index in [0.717, 1.165) is 16.9 Å². The highest BCUT2D eigenvalue weighted by molar-refractivity contribution is 7.93. The number of aromatic nitrogens is 1. The molecule has 29 heavy (non-hydrogen) atoms. The Labute approximate surface area is 176 Å². The number of halogens is 1. The average Bonchev–Trinajstić information content (AvgIpc) is 3.26. The zero-order valence-electron chi connectivity index (χ0n) is 16.0. The molecule has 0 saturated carbocycles. The van der Waals surface area contributed by atoms with E-state index in [9.17, 15) is 18.3 Å². The summed E-state index contributed by atoms with van der Waals surface area (Å²) in [5.41, 5.74) is 2.68. The minimum absolute atomic E-state index is 0.0243. The molecule has 3 N–H and O–H groups in total. The number of anilines is 2. The summed E-state index contributed by atoms with van der Waals surface area (Å²) in [4.78, 5) is 12.6. The van der Waals surface area contributed by atoms with Crippen molar-refractivity contribution in [3.63, 3.8) is 0 Å². The van der Waals surface area contributed by atoms with Gasteiger partial charge in [-0.1, -0.05) is 22.8 Å². The van der Waals surface area contributed by atoms with Crippen LogP contribution in [0.25, 0.3) is 0 Å². The van der Waals surface area contributed by atoms with E-state index in [0.29, 0.717) is 22.5 Å². The number of thiophene rings is 1. The number of rotatable bonds is 5.